The van der Waals surface area contributed by atoms with Gasteiger partial charge in [0, 0.05) is 0 Å². The summed E-state index contributed by atoms with van der Waals surface area (Å²) in [6.07, 6.45) is 3.07. The molecule has 0 unspecified atom stereocenters. The molecular weight excluding hydrogens is 288 g/mol. The van der Waals surface area contributed by atoms with Gasteiger partial charge in [0.1, 0.15) is 24.4 Å². The van der Waals surface area contributed by atoms with Crippen LogP contribution in [0.3, 0.4) is 0 Å². The number of nitrogen functional groups attached to an aromatic ring is 1. The second kappa shape index (κ2) is 6.37. The number of nitrogens with one attached hydrogen (secondary N) is 1. The summed E-state index contributed by atoms with van der Waals surface area (Å²) in [6, 6.07) is -0.915. The highest BCUT2D eigenvalue weighted by Crippen LogP contribution is 2.14. The van der Waals surface area contributed by atoms with E-state index >= 15 is 0 Å². The molecule has 0 saturated heterocycles. The lowest BCUT2D eigenvalue weighted by molar-refractivity contribution is -0.142. The van der Waals surface area contributed by atoms with Crippen LogP contribution in [0.2, 0.25) is 0 Å². The Morgan fingerprint density at radius 1 is 1.36 bits per heavy atom. The van der Waals surface area contributed by atoms with Gasteiger partial charge in [-0.1, -0.05) is 13.8 Å². The van der Waals surface area contributed by atoms with Crippen molar-refractivity contribution in [3.63, 3.8) is 0 Å². The Kier molecular flexibility index (Phi) is 4.54. The minimum absolute atomic E-state index is 0.0885. The van der Waals surface area contributed by atoms with Crippen molar-refractivity contribution in [2.45, 2.75) is 32.9 Å². The van der Waals surface area contributed by atoms with Gasteiger partial charge in [0.05, 0.1) is 6.33 Å². The Labute approximate surface area is 126 Å². The molecule has 0 aliphatic rings. The highest BCUT2D eigenvalue weighted by Gasteiger charge is 2.21. The number of carboxylic acids is 1. The lowest BCUT2D eigenvalue weighted by Crippen LogP contribution is -2.43. The summed E-state index contributed by atoms with van der Waals surface area (Å²) in [5, 5.41) is 11.6. The first-order chi connectivity index (χ1) is 10.4. The van der Waals surface area contributed by atoms with E-state index < -0.39 is 17.9 Å². The number of rotatable bonds is 6. The Morgan fingerprint density at radius 2 is 2.09 bits per heavy atom. The van der Waals surface area contributed by atoms with Gasteiger partial charge in [-0.05, 0) is 12.3 Å². The normalized spacial score (nSPS) is 12.5. The zero-order valence-electron chi connectivity index (χ0n) is 12.4. The first-order valence-corrected chi connectivity index (χ1v) is 6.82. The number of amides is 1. The van der Waals surface area contributed by atoms with E-state index in [0.717, 1.165) is 0 Å². The Bertz CT molecular complexity index is 696. The average Bonchev–Trinajstić information content (AvgIpc) is 2.82. The number of aromatic nitrogens is 4. The van der Waals surface area contributed by atoms with E-state index in [4.69, 9.17) is 10.8 Å². The largest absolute Gasteiger partial charge is 0.480 e. The fourth-order valence-corrected chi connectivity index (χ4v) is 2.10. The molecule has 2 heterocycles. The highest BCUT2D eigenvalue weighted by molar-refractivity contribution is 5.86. The van der Waals surface area contributed by atoms with Crippen molar-refractivity contribution in [3.8, 4) is 0 Å². The Balaban J connectivity index is 2.10. The number of nitrogens with zero attached hydrogens (tertiary/aromatic N) is 4. The molecule has 0 aromatic carbocycles. The van der Waals surface area contributed by atoms with E-state index in [1.54, 1.807) is 0 Å². The number of carbonyl (C=O) groups is 2. The summed E-state index contributed by atoms with van der Waals surface area (Å²) in [4.78, 5) is 35.1. The number of anilines is 1. The molecule has 1 atom stereocenters. The molecule has 0 aliphatic heterocycles. The molecule has 0 aliphatic carbocycles. The summed E-state index contributed by atoms with van der Waals surface area (Å²) >= 11 is 0. The molecule has 1 amide bonds. The molecule has 0 radical (unpaired) electrons. The lowest BCUT2D eigenvalue weighted by atomic mass is 10.0. The SMILES string of the molecule is CC(C)C[C@H](NC(=O)Cn1cnc2c(N)ncnc21)C(=O)O. The van der Waals surface area contributed by atoms with Crippen LogP contribution in [-0.2, 0) is 16.1 Å². The maximum absolute atomic E-state index is 12.0. The second-order valence-electron chi connectivity index (χ2n) is 5.39. The molecule has 0 saturated carbocycles. The quantitative estimate of drug-likeness (QED) is 0.684. The maximum Gasteiger partial charge on any atom is 0.326 e. The minimum Gasteiger partial charge on any atom is -0.480 e. The summed E-state index contributed by atoms with van der Waals surface area (Å²) in [5.74, 6) is -1.09. The van der Waals surface area contributed by atoms with Gasteiger partial charge < -0.3 is 20.7 Å². The van der Waals surface area contributed by atoms with Gasteiger partial charge in [-0.2, -0.15) is 0 Å². The monoisotopic (exact) mass is 306 g/mol. The van der Waals surface area contributed by atoms with Crippen molar-refractivity contribution in [1.82, 2.24) is 24.8 Å². The number of aliphatic carboxylic acids is 1. The van der Waals surface area contributed by atoms with Gasteiger partial charge in [0.2, 0.25) is 5.91 Å². The zero-order valence-corrected chi connectivity index (χ0v) is 12.4. The average molecular weight is 306 g/mol. The molecule has 9 nitrogen and oxygen atoms in total. The summed E-state index contributed by atoms with van der Waals surface area (Å²) in [7, 11) is 0. The molecule has 2 rings (SSSR count). The van der Waals surface area contributed by atoms with E-state index in [9.17, 15) is 9.59 Å². The van der Waals surface area contributed by atoms with Crippen LogP contribution in [0.4, 0.5) is 5.82 Å². The van der Waals surface area contributed by atoms with Crippen LogP contribution in [0.5, 0.6) is 0 Å². The predicted molar refractivity (Wildman–Crippen MR) is 78.8 cm³/mol. The molecule has 2 aromatic heterocycles. The molecular formula is C13H18N6O3. The van der Waals surface area contributed by atoms with Crippen LogP contribution in [0.1, 0.15) is 20.3 Å². The van der Waals surface area contributed by atoms with Crippen LogP contribution >= 0.6 is 0 Å². The van der Waals surface area contributed by atoms with E-state index in [1.165, 1.54) is 17.2 Å². The van der Waals surface area contributed by atoms with Crippen LogP contribution in [0.15, 0.2) is 12.7 Å². The molecule has 4 N–H and O–H groups in total. The molecule has 2 aromatic rings. The molecule has 118 valence electrons. The zero-order chi connectivity index (χ0) is 16.3. The second-order valence-corrected chi connectivity index (χ2v) is 5.39. The van der Waals surface area contributed by atoms with Crippen LogP contribution in [-0.4, -0.2) is 42.5 Å². The summed E-state index contributed by atoms with van der Waals surface area (Å²) in [6.45, 7) is 3.70. The Morgan fingerprint density at radius 3 is 2.73 bits per heavy atom. The van der Waals surface area contributed by atoms with Gasteiger partial charge in [-0.3, -0.25) is 4.79 Å². The van der Waals surface area contributed by atoms with Crippen molar-refractivity contribution in [1.29, 1.82) is 0 Å². The summed E-state index contributed by atoms with van der Waals surface area (Å²) < 4.78 is 1.50. The first-order valence-electron chi connectivity index (χ1n) is 6.82. The van der Waals surface area contributed by atoms with Crippen molar-refractivity contribution in [2.75, 3.05) is 5.73 Å². The molecule has 0 fully saturated rings. The third kappa shape index (κ3) is 3.48. The Hall–Kier alpha value is -2.71. The third-order valence-corrected chi connectivity index (χ3v) is 3.08. The van der Waals surface area contributed by atoms with Crippen LogP contribution in [0, 0.1) is 5.92 Å². The third-order valence-electron chi connectivity index (χ3n) is 3.08. The van der Waals surface area contributed by atoms with E-state index in [1.807, 2.05) is 13.8 Å². The minimum atomic E-state index is -1.05. The van der Waals surface area contributed by atoms with Gasteiger partial charge in [-0.15, -0.1) is 0 Å². The highest BCUT2D eigenvalue weighted by atomic mass is 16.4. The van der Waals surface area contributed by atoms with Gasteiger partial charge in [-0.25, -0.2) is 19.7 Å². The van der Waals surface area contributed by atoms with Crippen molar-refractivity contribution >= 4 is 28.9 Å². The van der Waals surface area contributed by atoms with E-state index in [0.29, 0.717) is 17.6 Å². The van der Waals surface area contributed by atoms with Gasteiger partial charge >= 0.3 is 5.97 Å². The number of carboxylic acid groups (broad SMARTS) is 1. The van der Waals surface area contributed by atoms with Crippen molar-refractivity contribution in [2.24, 2.45) is 5.92 Å². The number of hydrogen-bond donors (Lipinski definition) is 3. The smallest absolute Gasteiger partial charge is 0.326 e. The number of fused-ring (bicyclic) bond motifs is 1. The fourth-order valence-electron chi connectivity index (χ4n) is 2.10. The van der Waals surface area contributed by atoms with Crippen molar-refractivity contribution in [3.05, 3.63) is 12.7 Å². The van der Waals surface area contributed by atoms with Gasteiger partial charge in [0.15, 0.2) is 11.5 Å². The molecule has 0 spiro atoms. The molecule has 22 heavy (non-hydrogen) atoms. The first kappa shape index (κ1) is 15.7. The maximum atomic E-state index is 12.0. The summed E-state index contributed by atoms with van der Waals surface area (Å²) in [5.41, 5.74) is 6.51. The number of carbonyl (C=O) groups excluding carboxylic acids is 1. The van der Waals surface area contributed by atoms with Crippen LogP contribution < -0.4 is 11.1 Å². The standard InChI is InChI=1S/C13H18N6O3/c1-7(2)3-8(13(21)22)18-9(20)4-19-6-17-10-11(14)15-5-16-12(10)19/h5-8H,3-4H2,1-2H3,(H,18,20)(H,21,22)(H2,14,15,16)/t8-/m0/s1. The van der Waals surface area contributed by atoms with Crippen molar-refractivity contribution < 1.29 is 14.7 Å². The fraction of sp³-hybridized carbons (Fsp3) is 0.462. The number of hydrogen-bond acceptors (Lipinski definition) is 6. The topological polar surface area (TPSA) is 136 Å². The lowest BCUT2D eigenvalue weighted by Gasteiger charge is -2.16. The number of nitrogens with two attached hydrogens (primary N) is 1. The van der Waals surface area contributed by atoms with E-state index in [-0.39, 0.29) is 18.3 Å². The van der Waals surface area contributed by atoms with Crippen LogP contribution in [0.25, 0.3) is 11.2 Å². The predicted octanol–water partition coefficient (Wildman–Crippen LogP) is 0.0240. The van der Waals surface area contributed by atoms with E-state index in [2.05, 4.69) is 20.3 Å². The molecule has 0 bridgehead atoms. The molecule has 9 heteroatoms. The number of imidazole rings is 1. The van der Waals surface area contributed by atoms with Gasteiger partial charge in [0.25, 0.3) is 0 Å².